The van der Waals surface area contributed by atoms with Crippen LogP contribution in [0.4, 0.5) is 0 Å². The zero-order valence-corrected chi connectivity index (χ0v) is 20.4. The molecule has 0 aliphatic carbocycles. The number of carbonyl (C=O) groups is 2. The lowest BCUT2D eigenvalue weighted by Gasteiger charge is -2.36. The number of ether oxygens (including phenoxy) is 1. The topological polar surface area (TPSA) is 106 Å². The summed E-state index contributed by atoms with van der Waals surface area (Å²) in [6.45, 7) is 6.08. The summed E-state index contributed by atoms with van der Waals surface area (Å²) in [4.78, 5) is 30.5. The summed E-state index contributed by atoms with van der Waals surface area (Å²) < 4.78 is 10.2. The number of hydrogen-bond donors (Lipinski definition) is 1. The lowest BCUT2D eigenvalue weighted by molar-refractivity contribution is -0.170. The minimum atomic E-state index is -1.44. The number of piperidine rings is 1. The molecule has 35 heavy (non-hydrogen) atoms. The molecule has 0 unspecified atom stereocenters. The highest BCUT2D eigenvalue weighted by atomic mass is 16.5. The molecule has 0 radical (unpaired) electrons. The highest BCUT2D eigenvalue weighted by molar-refractivity contribution is 5.99. The van der Waals surface area contributed by atoms with Crippen LogP contribution in [0.3, 0.4) is 0 Å². The van der Waals surface area contributed by atoms with Gasteiger partial charge < -0.3 is 14.4 Å². The van der Waals surface area contributed by atoms with Gasteiger partial charge in [-0.2, -0.15) is 4.98 Å². The number of aromatic nitrogens is 2. The second kappa shape index (κ2) is 10.4. The first-order valence-corrected chi connectivity index (χ1v) is 11.9. The van der Waals surface area contributed by atoms with Crippen molar-refractivity contribution >= 4 is 11.9 Å². The Balaban J connectivity index is 1.37. The smallest absolute Gasteiger partial charge is 0.323 e. The zero-order chi connectivity index (χ0) is 25.0. The van der Waals surface area contributed by atoms with Gasteiger partial charge in [-0.1, -0.05) is 55.4 Å². The molecule has 0 saturated carbocycles. The Morgan fingerprint density at radius 1 is 1.03 bits per heavy atom. The van der Waals surface area contributed by atoms with E-state index in [0.717, 1.165) is 23.1 Å². The van der Waals surface area contributed by atoms with Crippen LogP contribution in [0.5, 0.6) is 0 Å². The first-order chi connectivity index (χ1) is 16.8. The van der Waals surface area contributed by atoms with Crippen molar-refractivity contribution in [3.63, 3.8) is 0 Å². The second-order valence-electron chi connectivity index (χ2n) is 9.57. The molecule has 3 aromatic rings. The molecule has 2 heterocycles. The zero-order valence-electron chi connectivity index (χ0n) is 20.4. The van der Waals surface area contributed by atoms with Gasteiger partial charge in [-0.3, -0.25) is 14.5 Å². The van der Waals surface area contributed by atoms with Crippen molar-refractivity contribution < 1.29 is 24.0 Å². The highest BCUT2D eigenvalue weighted by Gasteiger charge is 2.49. The Bertz CT molecular complexity index is 1160. The Kier molecular flexibility index (Phi) is 7.31. The van der Waals surface area contributed by atoms with E-state index in [2.05, 4.69) is 41.0 Å². The van der Waals surface area contributed by atoms with Crippen LogP contribution >= 0.6 is 0 Å². The van der Waals surface area contributed by atoms with Crippen LogP contribution in [-0.4, -0.2) is 52.3 Å². The number of benzene rings is 2. The molecule has 8 nitrogen and oxygen atoms in total. The fourth-order valence-electron chi connectivity index (χ4n) is 4.52. The molecule has 0 atom stereocenters. The van der Waals surface area contributed by atoms with Crippen molar-refractivity contribution in [2.75, 3.05) is 20.2 Å². The minimum absolute atomic E-state index is 0.233. The Hall–Kier alpha value is -3.52. The maximum absolute atomic E-state index is 12.1. The molecular formula is C27H31N3O5. The summed E-state index contributed by atoms with van der Waals surface area (Å²) in [7, 11) is 1.23. The van der Waals surface area contributed by atoms with Gasteiger partial charge in [0.05, 0.1) is 7.11 Å². The maximum atomic E-state index is 12.1. The van der Waals surface area contributed by atoms with Crippen LogP contribution in [0.1, 0.15) is 37.8 Å². The van der Waals surface area contributed by atoms with E-state index in [1.54, 1.807) is 0 Å². The van der Waals surface area contributed by atoms with Gasteiger partial charge in [0.1, 0.15) is 0 Å². The van der Waals surface area contributed by atoms with Gasteiger partial charge in [0.2, 0.25) is 5.82 Å². The molecular weight excluding hydrogens is 446 g/mol. The van der Waals surface area contributed by atoms with Gasteiger partial charge in [0.25, 0.3) is 5.89 Å². The van der Waals surface area contributed by atoms with Crippen LogP contribution in [-0.2, 0) is 27.3 Å². The van der Waals surface area contributed by atoms with Crippen LogP contribution in [0, 0.1) is 11.3 Å². The van der Waals surface area contributed by atoms with Crippen LogP contribution in [0.2, 0.25) is 0 Å². The average molecular weight is 478 g/mol. The largest absolute Gasteiger partial charge is 0.480 e. The number of carboxylic acids is 1. The van der Waals surface area contributed by atoms with Crippen molar-refractivity contribution in [1.82, 2.24) is 15.0 Å². The van der Waals surface area contributed by atoms with Crippen molar-refractivity contribution in [2.24, 2.45) is 11.3 Å². The number of aliphatic carboxylic acids is 1. The number of likely N-dealkylation sites (tertiary alicyclic amines) is 1. The van der Waals surface area contributed by atoms with Gasteiger partial charge in [-0.25, -0.2) is 0 Å². The molecule has 184 valence electrons. The van der Waals surface area contributed by atoms with E-state index < -0.39 is 17.4 Å². The van der Waals surface area contributed by atoms with E-state index in [1.165, 1.54) is 12.7 Å². The molecule has 0 amide bonds. The summed E-state index contributed by atoms with van der Waals surface area (Å²) in [5.74, 6) is -0.160. The number of hydrogen-bond acceptors (Lipinski definition) is 7. The highest BCUT2D eigenvalue weighted by Crippen LogP contribution is 2.34. The fourth-order valence-corrected chi connectivity index (χ4v) is 4.52. The third kappa shape index (κ3) is 5.43. The number of carboxylic acid groups (broad SMARTS) is 1. The van der Waals surface area contributed by atoms with E-state index in [4.69, 9.17) is 9.26 Å². The summed E-state index contributed by atoms with van der Waals surface area (Å²) in [5.41, 5.74) is 2.67. The predicted octanol–water partition coefficient (Wildman–Crippen LogP) is 4.44. The van der Waals surface area contributed by atoms with E-state index >= 15 is 0 Å². The van der Waals surface area contributed by atoms with Gasteiger partial charge in [-0.05, 0) is 48.4 Å². The molecule has 1 aliphatic heterocycles. The van der Waals surface area contributed by atoms with Crippen molar-refractivity contribution in [1.29, 1.82) is 0 Å². The molecule has 0 bridgehead atoms. The molecule has 1 fully saturated rings. The predicted molar refractivity (Wildman–Crippen MR) is 130 cm³/mol. The maximum Gasteiger partial charge on any atom is 0.323 e. The molecule has 1 aromatic heterocycles. The lowest BCUT2D eigenvalue weighted by atomic mass is 9.78. The number of carbonyl (C=O) groups excluding carboxylic acids is 1. The fraction of sp³-hybridized carbons (Fsp3) is 0.407. The Morgan fingerprint density at radius 3 is 2.20 bits per heavy atom. The van der Waals surface area contributed by atoms with Gasteiger partial charge in [-0.15, -0.1) is 0 Å². The van der Waals surface area contributed by atoms with E-state index in [1.807, 2.05) is 36.4 Å². The number of nitrogens with zero attached hydrogens (tertiary/aromatic N) is 3. The summed E-state index contributed by atoms with van der Waals surface area (Å²) in [6.07, 6.45) is 1.50. The van der Waals surface area contributed by atoms with Crippen molar-refractivity contribution in [2.45, 2.75) is 39.7 Å². The molecule has 2 aromatic carbocycles. The normalized spacial score (nSPS) is 15.8. The lowest BCUT2D eigenvalue weighted by Crippen LogP contribution is -2.49. The van der Waals surface area contributed by atoms with E-state index in [0.29, 0.717) is 37.3 Å². The van der Waals surface area contributed by atoms with Crippen LogP contribution in [0.15, 0.2) is 53.1 Å². The molecule has 1 aliphatic rings. The number of methoxy groups -OCH3 is 1. The summed E-state index contributed by atoms with van der Waals surface area (Å²) >= 11 is 0. The Morgan fingerprint density at radius 2 is 1.63 bits per heavy atom. The van der Waals surface area contributed by atoms with Crippen LogP contribution < -0.4 is 0 Å². The molecule has 0 spiro atoms. The second-order valence-corrected chi connectivity index (χ2v) is 9.57. The minimum Gasteiger partial charge on any atom is -0.480 e. The monoisotopic (exact) mass is 477 g/mol. The van der Waals surface area contributed by atoms with Gasteiger partial charge >= 0.3 is 11.9 Å². The third-order valence-corrected chi connectivity index (χ3v) is 6.58. The Labute approximate surface area is 204 Å². The first kappa shape index (κ1) is 24.6. The summed E-state index contributed by atoms with van der Waals surface area (Å²) in [5, 5.41) is 13.7. The molecule has 1 saturated heterocycles. The van der Waals surface area contributed by atoms with Gasteiger partial charge in [0, 0.05) is 30.8 Å². The molecule has 8 heteroatoms. The van der Waals surface area contributed by atoms with E-state index in [-0.39, 0.29) is 12.8 Å². The van der Waals surface area contributed by atoms with Crippen molar-refractivity contribution in [3.05, 3.63) is 59.7 Å². The average Bonchev–Trinajstić information content (AvgIpc) is 3.35. The molecule has 1 N–H and O–H groups in total. The number of esters is 1. The SMILES string of the molecule is COC(=O)C1(C(=O)O)CCN(Cc2ccc(-c3noc(-c4ccc(CC(C)C)cc4)n3)cc2)CC1. The third-order valence-electron chi connectivity index (χ3n) is 6.58. The van der Waals surface area contributed by atoms with Crippen LogP contribution in [0.25, 0.3) is 22.8 Å². The molecule has 4 rings (SSSR count). The number of rotatable bonds is 8. The first-order valence-electron chi connectivity index (χ1n) is 11.9. The summed E-state index contributed by atoms with van der Waals surface area (Å²) in [6, 6.07) is 16.1. The quantitative estimate of drug-likeness (QED) is 0.375. The van der Waals surface area contributed by atoms with Gasteiger partial charge in [0.15, 0.2) is 5.41 Å². The van der Waals surface area contributed by atoms with E-state index in [9.17, 15) is 14.7 Å². The standard InChI is InChI=1S/C27H31N3O5/c1-18(2)16-19-4-10-22(11-5-19)24-28-23(29-35-24)21-8-6-20(7-9-21)17-30-14-12-27(13-15-30,25(31)32)26(33)34-3/h4-11,18H,12-17H2,1-3H3,(H,31,32). The van der Waals surface area contributed by atoms with Crippen molar-refractivity contribution in [3.8, 4) is 22.8 Å².